The van der Waals surface area contributed by atoms with Gasteiger partial charge in [0.2, 0.25) is 0 Å². The fraction of sp³-hybridized carbons (Fsp3) is 0.0476. The molecular formula is C21H15ClF2N2O4S. The lowest BCUT2D eigenvalue weighted by molar-refractivity contribution is 0.0999. The van der Waals surface area contributed by atoms with Gasteiger partial charge < -0.3 is 5.11 Å². The maximum Gasteiger partial charge on any atom is 0.264 e. The van der Waals surface area contributed by atoms with Crippen LogP contribution in [0.2, 0.25) is 5.02 Å². The Morgan fingerprint density at radius 2 is 1.84 bits per heavy atom. The van der Waals surface area contributed by atoms with E-state index in [0.717, 1.165) is 12.1 Å². The highest BCUT2D eigenvalue weighted by Gasteiger charge is 2.21. The number of carbonyl (C=O) groups is 1. The number of sulfonamides is 1. The van der Waals surface area contributed by atoms with Crippen LogP contribution in [0.3, 0.4) is 0 Å². The fourth-order valence-corrected chi connectivity index (χ4v) is 3.98. The minimum Gasteiger partial charge on any atom is -0.507 e. The van der Waals surface area contributed by atoms with Gasteiger partial charge in [-0.05, 0) is 42.5 Å². The third-order valence-corrected chi connectivity index (χ3v) is 5.74. The first-order valence-electron chi connectivity index (χ1n) is 8.76. The number of nitrogens with one attached hydrogen (secondary N) is 1. The quantitative estimate of drug-likeness (QED) is 0.399. The summed E-state index contributed by atoms with van der Waals surface area (Å²) in [6.07, 6.45) is 1.22. The zero-order chi connectivity index (χ0) is 22.6. The van der Waals surface area contributed by atoms with Crippen LogP contribution in [0.5, 0.6) is 5.75 Å². The van der Waals surface area contributed by atoms with Gasteiger partial charge in [0.1, 0.15) is 28.8 Å². The number of benzene rings is 3. The molecule has 6 nitrogen and oxygen atoms in total. The van der Waals surface area contributed by atoms with Crippen LogP contribution in [-0.4, -0.2) is 32.1 Å². The summed E-state index contributed by atoms with van der Waals surface area (Å²) in [6, 6.07) is 12.2. The van der Waals surface area contributed by atoms with Crippen molar-refractivity contribution >= 4 is 39.3 Å². The minimum atomic E-state index is -4.38. The van der Waals surface area contributed by atoms with Crippen LogP contribution < -0.4 is 4.72 Å². The van der Waals surface area contributed by atoms with E-state index in [-0.39, 0.29) is 34.1 Å². The molecule has 0 aliphatic rings. The molecule has 3 aromatic rings. The number of hydrogen-bond acceptors (Lipinski definition) is 5. The molecule has 0 aliphatic carbocycles. The molecular weight excluding hydrogens is 450 g/mol. The smallest absolute Gasteiger partial charge is 0.264 e. The fourth-order valence-electron chi connectivity index (χ4n) is 2.65. The zero-order valence-corrected chi connectivity index (χ0v) is 17.3. The summed E-state index contributed by atoms with van der Waals surface area (Å²) in [5.74, 6) is -2.79. The predicted molar refractivity (Wildman–Crippen MR) is 114 cm³/mol. The van der Waals surface area contributed by atoms with E-state index in [2.05, 4.69) is 9.71 Å². The van der Waals surface area contributed by atoms with E-state index in [0.29, 0.717) is 6.07 Å². The molecule has 160 valence electrons. The molecule has 0 heterocycles. The molecule has 31 heavy (non-hydrogen) atoms. The number of carbonyl (C=O) groups excluding carboxylic acids is 1. The second kappa shape index (κ2) is 9.23. The van der Waals surface area contributed by atoms with Crippen molar-refractivity contribution in [1.29, 1.82) is 0 Å². The third-order valence-electron chi connectivity index (χ3n) is 4.11. The van der Waals surface area contributed by atoms with Gasteiger partial charge >= 0.3 is 0 Å². The highest BCUT2D eigenvalue weighted by Crippen LogP contribution is 2.24. The van der Waals surface area contributed by atoms with E-state index in [1.807, 2.05) is 0 Å². The van der Waals surface area contributed by atoms with Crippen LogP contribution in [0.25, 0.3) is 0 Å². The second-order valence-corrected chi connectivity index (χ2v) is 8.41. The Labute approximate surface area is 181 Å². The molecule has 0 unspecified atom stereocenters. The number of Topliss-reactive ketones (excluding diaryl/α,β-unsaturated/α-hetero) is 1. The van der Waals surface area contributed by atoms with Crippen LogP contribution in [0, 0.1) is 11.6 Å². The van der Waals surface area contributed by atoms with Crippen molar-refractivity contribution in [1.82, 2.24) is 0 Å². The molecule has 10 heteroatoms. The van der Waals surface area contributed by atoms with Crippen LogP contribution in [0.4, 0.5) is 14.5 Å². The number of phenolic OH excluding ortho intramolecular Hbond substituents is 1. The number of rotatable bonds is 7. The number of anilines is 1. The van der Waals surface area contributed by atoms with Crippen molar-refractivity contribution in [3.05, 3.63) is 88.4 Å². The number of halogens is 3. The lowest BCUT2D eigenvalue weighted by Crippen LogP contribution is -2.16. The summed E-state index contributed by atoms with van der Waals surface area (Å²) in [6.45, 7) is -0.317. The molecule has 0 atom stereocenters. The van der Waals surface area contributed by atoms with Crippen LogP contribution >= 0.6 is 11.6 Å². The van der Waals surface area contributed by atoms with Crippen molar-refractivity contribution < 1.29 is 27.1 Å². The van der Waals surface area contributed by atoms with Gasteiger partial charge in [-0.2, -0.15) is 0 Å². The largest absolute Gasteiger partial charge is 0.507 e. The highest BCUT2D eigenvalue weighted by molar-refractivity contribution is 7.92. The molecule has 2 N–H and O–H groups in total. The standard InChI is InChI=1S/C21H15ClF2N2O4S/c22-14-5-7-18(26-31(29,30)21-8-6-15(23)10-17(21)24)13(9-14)11-25-12-20(28)16-3-1-2-4-19(16)27/h1-11,26-27H,12H2. The van der Waals surface area contributed by atoms with Gasteiger partial charge in [0.25, 0.3) is 10.0 Å². The van der Waals surface area contributed by atoms with Gasteiger partial charge in [-0.3, -0.25) is 14.5 Å². The molecule has 0 bridgehead atoms. The first kappa shape index (κ1) is 22.4. The lowest BCUT2D eigenvalue weighted by Gasteiger charge is -2.11. The third kappa shape index (κ3) is 5.44. The summed E-state index contributed by atoms with van der Waals surface area (Å²) in [4.78, 5) is 15.5. The van der Waals surface area contributed by atoms with Gasteiger partial charge in [0.05, 0.1) is 11.3 Å². The molecule has 0 saturated heterocycles. The van der Waals surface area contributed by atoms with Crippen molar-refractivity contribution in [2.24, 2.45) is 4.99 Å². The van der Waals surface area contributed by atoms with Crippen LogP contribution in [0.15, 0.2) is 70.6 Å². The van der Waals surface area contributed by atoms with Gasteiger partial charge in [-0.25, -0.2) is 17.2 Å². The van der Waals surface area contributed by atoms with Crippen molar-refractivity contribution in [3.63, 3.8) is 0 Å². The van der Waals surface area contributed by atoms with Gasteiger partial charge in [0.15, 0.2) is 5.78 Å². The van der Waals surface area contributed by atoms with Crippen LogP contribution in [-0.2, 0) is 10.0 Å². The van der Waals surface area contributed by atoms with Gasteiger partial charge in [-0.15, -0.1) is 0 Å². The van der Waals surface area contributed by atoms with E-state index in [1.54, 1.807) is 12.1 Å². The number of phenols is 1. The number of aliphatic imine (C=N–C) groups is 1. The molecule has 0 amide bonds. The molecule has 0 spiro atoms. The molecule has 0 aliphatic heterocycles. The maximum atomic E-state index is 13.9. The predicted octanol–water partition coefficient (Wildman–Crippen LogP) is 4.43. The average Bonchev–Trinajstić information content (AvgIpc) is 2.69. The molecule has 3 rings (SSSR count). The zero-order valence-electron chi connectivity index (χ0n) is 15.7. The first-order chi connectivity index (χ1) is 14.7. The molecule has 0 fully saturated rings. The Morgan fingerprint density at radius 3 is 2.55 bits per heavy atom. The average molecular weight is 465 g/mol. The summed E-state index contributed by atoms with van der Waals surface area (Å²) < 4.78 is 54.3. The number of hydrogen-bond donors (Lipinski definition) is 2. The second-order valence-electron chi connectivity index (χ2n) is 6.32. The Kier molecular flexibility index (Phi) is 6.67. The van der Waals surface area contributed by atoms with E-state index in [4.69, 9.17) is 11.6 Å². The number of para-hydroxylation sites is 1. The summed E-state index contributed by atoms with van der Waals surface area (Å²) in [5.41, 5.74) is 0.328. The number of aromatic hydroxyl groups is 1. The normalized spacial score (nSPS) is 11.6. The number of nitrogens with zero attached hydrogens (tertiary/aromatic N) is 1. The van der Waals surface area contributed by atoms with E-state index in [1.165, 1.54) is 36.5 Å². The minimum absolute atomic E-state index is 0.0203. The monoisotopic (exact) mass is 464 g/mol. The Bertz CT molecular complexity index is 1280. The maximum absolute atomic E-state index is 13.9. The first-order valence-corrected chi connectivity index (χ1v) is 10.6. The van der Waals surface area contributed by atoms with Gasteiger partial charge in [-0.1, -0.05) is 23.7 Å². The van der Waals surface area contributed by atoms with Crippen molar-refractivity contribution in [3.8, 4) is 5.75 Å². The summed E-state index contributed by atoms with van der Waals surface area (Å²) in [7, 11) is -4.38. The summed E-state index contributed by atoms with van der Waals surface area (Å²) in [5, 5.41) is 10.0. The Morgan fingerprint density at radius 1 is 1.10 bits per heavy atom. The molecule has 0 aromatic heterocycles. The van der Waals surface area contributed by atoms with E-state index >= 15 is 0 Å². The molecule has 0 saturated carbocycles. The Hall–Kier alpha value is -3.30. The lowest BCUT2D eigenvalue weighted by atomic mass is 10.1. The SMILES string of the molecule is O=C(CN=Cc1cc(Cl)ccc1NS(=O)(=O)c1ccc(F)cc1F)c1ccccc1O. The van der Waals surface area contributed by atoms with E-state index in [9.17, 15) is 27.1 Å². The molecule has 3 aromatic carbocycles. The highest BCUT2D eigenvalue weighted by atomic mass is 35.5. The topological polar surface area (TPSA) is 95.8 Å². The molecule has 0 radical (unpaired) electrons. The summed E-state index contributed by atoms with van der Waals surface area (Å²) >= 11 is 5.97. The van der Waals surface area contributed by atoms with Crippen molar-refractivity contribution in [2.45, 2.75) is 4.90 Å². The van der Waals surface area contributed by atoms with Crippen LogP contribution in [0.1, 0.15) is 15.9 Å². The Balaban J connectivity index is 1.84. The van der Waals surface area contributed by atoms with Crippen molar-refractivity contribution in [2.75, 3.05) is 11.3 Å². The van der Waals surface area contributed by atoms with E-state index < -0.39 is 32.3 Å². The number of ketones is 1. The van der Waals surface area contributed by atoms with Gasteiger partial charge in [0, 0.05) is 22.9 Å².